The molecule has 1 amide bonds. The number of nitrogens with one attached hydrogen (secondary N) is 1. The minimum absolute atomic E-state index is 0.0630. The van der Waals surface area contributed by atoms with Gasteiger partial charge in [0.1, 0.15) is 0 Å². The van der Waals surface area contributed by atoms with E-state index in [9.17, 15) is 4.79 Å². The third kappa shape index (κ3) is 3.86. The van der Waals surface area contributed by atoms with E-state index < -0.39 is 0 Å². The number of para-hydroxylation sites is 1. The van der Waals surface area contributed by atoms with Gasteiger partial charge < -0.3 is 15.0 Å². The normalized spacial score (nSPS) is 18.6. The van der Waals surface area contributed by atoms with Crippen molar-refractivity contribution in [3.8, 4) is 5.69 Å². The minimum Gasteiger partial charge on any atom is -0.378 e. The zero-order chi connectivity index (χ0) is 17.9. The first-order valence-electron chi connectivity index (χ1n) is 9.03. The van der Waals surface area contributed by atoms with E-state index in [1.807, 2.05) is 41.8 Å². The lowest BCUT2D eigenvalue weighted by Gasteiger charge is -2.28. The van der Waals surface area contributed by atoms with Crippen LogP contribution >= 0.6 is 11.8 Å². The van der Waals surface area contributed by atoms with Gasteiger partial charge in [0.25, 0.3) is 0 Å². The van der Waals surface area contributed by atoms with E-state index >= 15 is 0 Å². The molecule has 1 aliphatic heterocycles. The number of anilines is 1. The topological polar surface area (TPSA) is 72.3 Å². The van der Waals surface area contributed by atoms with Gasteiger partial charge in [-0.1, -0.05) is 30.0 Å². The number of amides is 1. The molecule has 0 bridgehead atoms. The molecule has 2 aliphatic rings. The third-order valence-electron chi connectivity index (χ3n) is 4.50. The molecule has 2 aromatic rings. The molecule has 7 nitrogen and oxygen atoms in total. The number of morpholine rings is 1. The van der Waals surface area contributed by atoms with Gasteiger partial charge in [0, 0.05) is 19.1 Å². The molecule has 4 rings (SSSR count). The molecule has 1 aliphatic carbocycles. The second-order valence-electron chi connectivity index (χ2n) is 6.60. The highest BCUT2D eigenvalue weighted by atomic mass is 32.2. The number of carbonyl (C=O) groups excluding carboxylic acids is 1. The Bertz CT molecular complexity index is 756. The number of hydrogen-bond acceptors (Lipinski definition) is 6. The Hall–Kier alpha value is -2.06. The predicted octanol–water partition coefficient (Wildman–Crippen LogP) is 1.86. The first-order chi connectivity index (χ1) is 12.7. The maximum atomic E-state index is 12.3. The molecule has 0 spiro atoms. The van der Waals surface area contributed by atoms with Crippen LogP contribution in [0.15, 0.2) is 35.5 Å². The van der Waals surface area contributed by atoms with Gasteiger partial charge in [-0.2, -0.15) is 0 Å². The summed E-state index contributed by atoms with van der Waals surface area (Å²) in [6, 6.07) is 10.4. The Labute approximate surface area is 157 Å². The van der Waals surface area contributed by atoms with Crippen LogP contribution in [0.1, 0.15) is 19.8 Å². The zero-order valence-electron chi connectivity index (χ0n) is 14.8. The number of nitrogens with zero attached hydrogens (tertiary/aromatic N) is 4. The average Bonchev–Trinajstić information content (AvgIpc) is 3.40. The fourth-order valence-electron chi connectivity index (χ4n) is 2.87. The Kier molecular flexibility index (Phi) is 5.12. The fourth-order valence-corrected chi connectivity index (χ4v) is 3.74. The average molecular weight is 373 g/mol. The third-order valence-corrected chi connectivity index (χ3v) is 5.54. The molecule has 1 atom stereocenters. The molecular weight excluding hydrogens is 350 g/mol. The molecule has 1 aromatic heterocycles. The lowest BCUT2D eigenvalue weighted by Crippen LogP contribution is -2.38. The number of hydrogen-bond donors (Lipinski definition) is 1. The molecule has 0 radical (unpaired) electrons. The number of rotatable bonds is 6. The van der Waals surface area contributed by atoms with E-state index in [0.29, 0.717) is 19.3 Å². The smallest absolute Gasteiger partial charge is 0.233 e. The lowest BCUT2D eigenvalue weighted by molar-refractivity contribution is -0.120. The summed E-state index contributed by atoms with van der Waals surface area (Å²) in [6.07, 6.45) is 2.18. The van der Waals surface area contributed by atoms with Crippen LogP contribution in [0.5, 0.6) is 0 Å². The van der Waals surface area contributed by atoms with Crippen molar-refractivity contribution in [1.82, 2.24) is 20.1 Å². The van der Waals surface area contributed by atoms with Crippen LogP contribution in [0.25, 0.3) is 5.69 Å². The second kappa shape index (κ2) is 7.67. The van der Waals surface area contributed by atoms with Gasteiger partial charge in [0.05, 0.1) is 24.2 Å². The first kappa shape index (κ1) is 17.4. The molecule has 138 valence electrons. The molecular formula is C18H23N5O2S. The molecule has 1 saturated heterocycles. The Morgan fingerprint density at radius 1 is 1.23 bits per heavy atom. The maximum absolute atomic E-state index is 12.3. The van der Waals surface area contributed by atoms with E-state index in [2.05, 4.69) is 20.4 Å². The predicted molar refractivity (Wildman–Crippen MR) is 101 cm³/mol. The van der Waals surface area contributed by atoms with Crippen LogP contribution in [0, 0.1) is 0 Å². The van der Waals surface area contributed by atoms with Crippen molar-refractivity contribution in [3.05, 3.63) is 30.3 Å². The summed E-state index contributed by atoms with van der Waals surface area (Å²) in [5.41, 5.74) is 0.997. The van der Waals surface area contributed by atoms with Gasteiger partial charge in [-0.3, -0.25) is 9.36 Å². The second-order valence-corrected chi connectivity index (χ2v) is 7.90. The quantitative estimate of drug-likeness (QED) is 0.780. The minimum atomic E-state index is -0.222. The molecule has 2 fully saturated rings. The van der Waals surface area contributed by atoms with Crippen molar-refractivity contribution in [1.29, 1.82) is 0 Å². The van der Waals surface area contributed by atoms with E-state index in [0.717, 1.165) is 42.7 Å². The Balaban J connectivity index is 1.61. The van der Waals surface area contributed by atoms with Gasteiger partial charge in [0.2, 0.25) is 11.9 Å². The fraction of sp³-hybridized carbons (Fsp3) is 0.500. The summed E-state index contributed by atoms with van der Waals surface area (Å²) in [5.74, 6) is 0.866. The molecule has 1 N–H and O–H groups in total. The summed E-state index contributed by atoms with van der Waals surface area (Å²) < 4.78 is 7.49. The number of aromatic nitrogens is 3. The zero-order valence-corrected chi connectivity index (χ0v) is 15.6. The van der Waals surface area contributed by atoms with E-state index in [4.69, 9.17) is 4.74 Å². The van der Waals surface area contributed by atoms with Crippen LogP contribution in [-0.4, -0.2) is 58.3 Å². The molecule has 2 heterocycles. The molecule has 1 saturated carbocycles. The van der Waals surface area contributed by atoms with Crippen molar-refractivity contribution >= 4 is 23.6 Å². The van der Waals surface area contributed by atoms with Crippen LogP contribution < -0.4 is 10.2 Å². The summed E-state index contributed by atoms with van der Waals surface area (Å²) in [6.45, 7) is 4.86. The number of carbonyl (C=O) groups is 1. The van der Waals surface area contributed by atoms with Crippen molar-refractivity contribution < 1.29 is 9.53 Å². The lowest BCUT2D eigenvalue weighted by atomic mass is 10.3. The maximum Gasteiger partial charge on any atom is 0.233 e. The highest BCUT2D eigenvalue weighted by Gasteiger charge is 2.28. The summed E-state index contributed by atoms with van der Waals surface area (Å²) in [4.78, 5) is 14.5. The first-order valence-corrected chi connectivity index (χ1v) is 9.91. The number of thioether (sulfide) groups is 1. The van der Waals surface area contributed by atoms with E-state index in [1.165, 1.54) is 11.8 Å². The van der Waals surface area contributed by atoms with E-state index in [1.54, 1.807) is 0 Å². The molecule has 1 aromatic carbocycles. The van der Waals surface area contributed by atoms with Gasteiger partial charge in [-0.25, -0.2) is 0 Å². The largest absolute Gasteiger partial charge is 0.378 e. The number of ether oxygens (including phenoxy) is 1. The summed E-state index contributed by atoms with van der Waals surface area (Å²) in [5, 5.41) is 12.4. The highest BCUT2D eigenvalue weighted by Crippen LogP contribution is 2.30. The molecule has 0 unspecified atom stereocenters. The van der Waals surface area contributed by atoms with Gasteiger partial charge in [-0.15, -0.1) is 10.2 Å². The van der Waals surface area contributed by atoms with Crippen molar-refractivity contribution in [3.63, 3.8) is 0 Å². The molecule has 8 heteroatoms. The van der Waals surface area contributed by atoms with Crippen LogP contribution in [0.4, 0.5) is 5.95 Å². The van der Waals surface area contributed by atoms with Crippen LogP contribution in [0.3, 0.4) is 0 Å². The summed E-state index contributed by atoms with van der Waals surface area (Å²) in [7, 11) is 0. The highest BCUT2D eigenvalue weighted by molar-refractivity contribution is 8.00. The standard InChI is InChI=1S/C18H23N5O2S/c1-13(16(24)19-14-7-8-14)26-18-21-20-17(22-9-11-25-12-10-22)23(18)15-5-3-2-4-6-15/h2-6,13-14H,7-12H2,1H3,(H,19,24)/t13-/m0/s1. The Morgan fingerprint density at radius 3 is 2.65 bits per heavy atom. The van der Waals surface area contributed by atoms with Crippen molar-refractivity contribution in [2.45, 2.75) is 36.2 Å². The number of benzene rings is 1. The van der Waals surface area contributed by atoms with Gasteiger partial charge >= 0.3 is 0 Å². The molecule has 26 heavy (non-hydrogen) atoms. The SMILES string of the molecule is C[C@H](Sc1nnc(N2CCOCC2)n1-c1ccccc1)C(=O)NC1CC1. The van der Waals surface area contributed by atoms with Crippen molar-refractivity contribution in [2.75, 3.05) is 31.2 Å². The van der Waals surface area contributed by atoms with Crippen molar-refractivity contribution in [2.24, 2.45) is 0 Å². The van der Waals surface area contributed by atoms with Gasteiger partial charge in [-0.05, 0) is 31.9 Å². The Morgan fingerprint density at radius 2 is 1.96 bits per heavy atom. The summed E-state index contributed by atoms with van der Waals surface area (Å²) >= 11 is 1.45. The van der Waals surface area contributed by atoms with Gasteiger partial charge in [0.15, 0.2) is 5.16 Å². The van der Waals surface area contributed by atoms with E-state index in [-0.39, 0.29) is 11.2 Å². The van der Waals surface area contributed by atoms with Crippen LogP contribution in [-0.2, 0) is 9.53 Å². The monoisotopic (exact) mass is 373 g/mol. The van der Waals surface area contributed by atoms with Crippen LogP contribution in [0.2, 0.25) is 0 Å².